The van der Waals surface area contributed by atoms with Gasteiger partial charge in [-0.05, 0) is 253 Å². The number of rotatable bonds is 11. The summed E-state index contributed by atoms with van der Waals surface area (Å²) in [5.74, 6) is 0. The van der Waals surface area contributed by atoms with E-state index < -0.39 is 0 Å². The van der Waals surface area contributed by atoms with E-state index in [-0.39, 0.29) is 5.41 Å². The molecule has 0 fully saturated rings. The summed E-state index contributed by atoms with van der Waals surface area (Å²) in [6.45, 7) is 6.93. The Balaban J connectivity index is 0.000000150. The normalized spacial score (nSPS) is 11.5. The molecular weight excluding hydrogens is 1270 g/mol. The van der Waals surface area contributed by atoms with Crippen molar-refractivity contribution in [3.63, 3.8) is 0 Å². The molecule has 19 rings (SSSR count). The molecule has 0 aliphatic rings. The Morgan fingerprint density at radius 2 is 0.415 bits per heavy atom. The first-order chi connectivity index (χ1) is 52.2. The van der Waals surface area contributed by atoms with Gasteiger partial charge in [0.25, 0.3) is 0 Å². The average molecular weight is 1350 g/mol. The van der Waals surface area contributed by atoms with E-state index >= 15 is 0 Å². The molecule has 0 nitrogen and oxygen atoms in total. The van der Waals surface area contributed by atoms with Crippen LogP contribution in [-0.2, 0) is 5.41 Å². The molecule has 0 N–H and O–H groups in total. The Bertz CT molecular complexity index is 6410. The average Bonchev–Trinajstić information content (AvgIpc) is 0.729. The zero-order valence-electron chi connectivity index (χ0n) is 59.7. The minimum absolute atomic E-state index is 0.00233. The molecule has 0 amide bonds. The predicted octanol–water partition coefficient (Wildman–Crippen LogP) is 29.9. The van der Waals surface area contributed by atoms with Crippen LogP contribution in [0.1, 0.15) is 26.3 Å². The molecule has 0 heteroatoms. The molecule has 0 atom stereocenters. The summed E-state index contributed by atoms with van der Waals surface area (Å²) in [7, 11) is 0. The molecule has 19 aromatic rings. The molecule has 0 saturated carbocycles. The van der Waals surface area contributed by atoms with Crippen molar-refractivity contribution in [3.8, 4) is 122 Å². The minimum Gasteiger partial charge on any atom is -0.0622 e. The lowest BCUT2D eigenvalue weighted by molar-refractivity contribution is 0.591. The summed E-state index contributed by atoms with van der Waals surface area (Å²) >= 11 is 0. The standard InChI is InChI=1S/C54H36.C52H40/c1-3-16-37(17-4-1)44-34-45(38-18-5-2-6-19-38)36-46(35-44)41-22-15-23-42(32-41)47-24-9-10-25-48(47)54-51-28-13-11-26-49(51)53(50-27-12-14-29-52(50)54)43-31-30-39-20-7-8-21-40(39)33-43;1-52(2,3)43-29-30-48-49(34-43)51(47-26-12-11-25-46(47)50(48)42-28-27-36-17-7-8-18-37(36)33-42)45-24-10-9-23-44(45)41-22-14-21-40(32-41)39-20-13-19-38(31-39)35-15-5-4-6-16-35/h1-36H;4-34H,1-3H3. The van der Waals surface area contributed by atoms with Gasteiger partial charge in [0.15, 0.2) is 0 Å². The van der Waals surface area contributed by atoms with Gasteiger partial charge < -0.3 is 0 Å². The van der Waals surface area contributed by atoms with Gasteiger partial charge >= 0.3 is 0 Å². The van der Waals surface area contributed by atoms with E-state index in [1.54, 1.807) is 0 Å². The van der Waals surface area contributed by atoms with Crippen molar-refractivity contribution < 1.29 is 0 Å². The molecule has 0 heterocycles. The van der Waals surface area contributed by atoms with Crippen LogP contribution in [-0.4, -0.2) is 0 Å². The lowest BCUT2D eigenvalue weighted by atomic mass is 9.80. The first-order valence-electron chi connectivity index (χ1n) is 36.9. The van der Waals surface area contributed by atoms with Crippen LogP contribution in [0.5, 0.6) is 0 Å². The molecule has 0 bridgehead atoms. The summed E-state index contributed by atoms with van der Waals surface area (Å²) in [6.07, 6.45) is 0. The largest absolute Gasteiger partial charge is 0.0622 e. The quantitative estimate of drug-likeness (QED) is 0.113. The molecule has 106 heavy (non-hydrogen) atoms. The van der Waals surface area contributed by atoms with Gasteiger partial charge in [-0.15, -0.1) is 0 Å². The highest BCUT2D eigenvalue weighted by Crippen LogP contribution is 2.50. The van der Waals surface area contributed by atoms with Gasteiger partial charge in [-0.25, -0.2) is 0 Å². The lowest BCUT2D eigenvalue weighted by Gasteiger charge is -2.24. The van der Waals surface area contributed by atoms with Crippen LogP contribution in [0.15, 0.2) is 406 Å². The van der Waals surface area contributed by atoms with E-state index in [4.69, 9.17) is 0 Å². The second-order valence-corrected chi connectivity index (χ2v) is 29.0. The minimum atomic E-state index is 0.00233. The van der Waals surface area contributed by atoms with Crippen molar-refractivity contribution in [1.82, 2.24) is 0 Å². The maximum Gasteiger partial charge on any atom is -0.00200 e. The zero-order valence-corrected chi connectivity index (χ0v) is 59.7. The van der Waals surface area contributed by atoms with E-state index in [9.17, 15) is 0 Å². The Hall–Kier alpha value is -13.3. The highest BCUT2D eigenvalue weighted by Gasteiger charge is 2.24. The van der Waals surface area contributed by atoms with E-state index in [1.807, 2.05) is 0 Å². The first kappa shape index (κ1) is 64.8. The van der Waals surface area contributed by atoms with Crippen LogP contribution < -0.4 is 0 Å². The fourth-order valence-corrected chi connectivity index (χ4v) is 16.2. The predicted molar refractivity (Wildman–Crippen MR) is 456 cm³/mol. The summed E-state index contributed by atoms with van der Waals surface area (Å²) in [5.41, 5.74) is 28.4. The number of benzene rings is 19. The van der Waals surface area contributed by atoms with Crippen LogP contribution in [0.3, 0.4) is 0 Å². The third-order valence-corrected chi connectivity index (χ3v) is 21.4. The number of hydrogen-bond donors (Lipinski definition) is 0. The van der Waals surface area contributed by atoms with Crippen molar-refractivity contribution in [2.45, 2.75) is 26.2 Å². The van der Waals surface area contributed by atoms with Crippen LogP contribution >= 0.6 is 0 Å². The number of hydrogen-bond acceptors (Lipinski definition) is 0. The Morgan fingerprint density at radius 3 is 0.830 bits per heavy atom. The molecule has 0 aromatic heterocycles. The van der Waals surface area contributed by atoms with Crippen LogP contribution in [0.25, 0.3) is 187 Å². The monoisotopic (exact) mass is 1350 g/mol. The Morgan fingerprint density at radius 1 is 0.142 bits per heavy atom. The molecular formula is C106H76. The van der Waals surface area contributed by atoms with Crippen LogP contribution in [0.4, 0.5) is 0 Å². The Labute approximate surface area is 621 Å². The number of fused-ring (bicyclic) bond motifs is 6. The van der Waals surface area contributed by atoms with Crippen molar-refractivity contribution in [2.75, 3.05) is 0 Å². The van der Waals surface area contributed by atoms with Gasteiger partial charge in [0, 0.05) is 0 Å². The van der Waals surface area contributed by atoms with Crippen molar-refractivity contribution in [2.24, 2.45) is 0 Å². The van der Waals surface area contributed by atoms with E-state index in [2.05, 4.69) is 427 Å². The van der Waals surface area contributed by atoms with Gasteiger partial charge in [0.05, 0.1) is 0 Å². The Kier molecular flexibility index (Phi) is 17.0. The molecule has 500 valence electrons. The molecule has 0 spiro atoms. The van der Waals surface area contributed by atoms with Gasteiger partial charge in [-0.2, -0.15) is 0 Å². The lowest BCUT2D eigenvalue weighted by Crippen LogP contribution is -2.10. The highest BCUT2D eigenvalue weighted by molar-refractivity contribution is 6.24. The smallest absolute Gasteiger partial charge is 0.00200 e. The van der Waals surface area contributed by atoms with E-state index in [0.29, 0.717) is 0 Å². The summed E-state index contributed by atoms with van der Waals surface area (Å²) in [6, 6.07) is 149. The summed E-state index contributed by atoms with van der Waals surface area (Å²) in [4.78, 5) is 0. The molecule has 0 saturated heterocycles. The second kappa shape index (κ2) is 27.8. The summed E-state index contributed by atoms with van der Waals surface area (Å²) in [5, 5.41) is 15.2. The molecule has 0 unspecified atom stereocenters. The van der Waals surface area contributed by atoms with Gasteiger partial charge in [-0.3, -0.25) is 0 Å². The fourth-order valence-electron chi connectivity index (χ4n) is 16.2. The first-order valence-corrected chi connectivity index (χ1v) is 36.9. The van der Waals surface area contributed by atoms with Gasteiger partial charge in [-0.1, -0.05) is 373 Å². The SMILES string of the molecule is CC(C)(C)c1ccc2c(-c3ccc4ccccc4c3)c3ccccc3c(-c3ccccc3-c3cccc(-c4cccc(-c5ccccc5)c4)c3)c2c1.c1ccc(-c2cc(-c3ccccc3)cc(-c3cccc(-c4ccccc4-c4c5ccccc5c(-c5ccc6ccccc6c5)c5ccccc45)c3)c2)cc1. The maximum absolute atomic E-state index is 2.46. The van der Waals surface area contributed by atoms with Crippen molar-refractivity contribution >= 4 is 64.6 Å². The fraction of sp³-hybridized carbons (Fsp3) is 0.0377. The van der Waals surface area contributed by atoms with Gasteiger partial charge in [0.2, 0.25) is 0 Å². The third kappa shape index (κ3) is 12.4. The van der Waals surface area contributed by atoms with E-state index in [0.717, 1.165) is 0 Å². The van der Waals surface area contributed by atoms with Crippen LogP contribution in [0.2, 0.25) is 0 Å². The van der Waals surface area contributed by atoms with Crippen molar-refractivity contribution in [3.05, 3.63) is 412 Å². The third-order valence-electron chi connectivity index (χ3n) is 21.4. The molecule has 0 radical (unpaired) electrons. The van der Waals surface area contributed by atoms with Crippen molar-refractivity contribution in [1.29, 1.82) is 0 Å². The molecule has 19 aromatic carbocycles. The van der Waals surface area contributed by atoms with Gasteiger partial charge in [0.1, 0.15) is 0 Å². The van der Waals surface area contributed by atoms with Crippen LogP contribution in [0, 0.1) is 0 Å². The van der Waals surface area contributed by atoms with E-state index in [1.165, 1.54) is 193 Å². The molecule has 0 aliphatic heterocycles. The maximum atomic E-state index is 2.46. The topological polar surface area (TPSA) is 0 Å². The second-order valence-electron chi connectivity index (χ2n) is 29.0. The molecule has 0 aliphatic carbocycles. The summed E-state index contributed by atoms with van der Waals surface area (Å²) < 4.78 is 0. The highest BCUT2D eigenvalue weighted by atomic mass is 14.3. The zero-order chi connectivity index (χ0) is 71.1.